The van der Waals surface area contributed by atoms with Crippen molar-refractivity contribution in [3.05, 3.63) is 17.3 Å². The number of nitrogens with one attached hydrogen (secondary N) is 1. The lowest BCUT2D eigenvalue weighted by molar-refractivity contribution is 0.688. The van der Waals surface area contributed by atoms with Crippen LogP contribution in [0.1, 0.15) is 25.7 Å². The van der Waals surface area contributed by atoms with Crippen LogP contribution in [0, 0.1) is 0 Å². The summed E-state index contributed by atoms with van der Waals surface area (Å²) in [6.45, 7) is 0.913. The molecule has 3 N–H and O–H groups in total. The Bertz CT molecular complexity index is 334. The predicted molar refractivity (Wildman–Crippen MR) is 79.0 cm³/mol. The Balaban J connectivity index is 2.14. The molecule has 1 aromatic rings. The highest BCUT2D eigenvalue weighted by Crippen LogP contribution is 2.20. The van der Waals surface area contributed by atoms with Crippen molar-refractivity contribution < 1.29 is 0 Å². The summed E-state index contributed by atoms with van der Waals surface area (Å²) in [6, 6.07) is 1.72. The van der Waals surface area contributed by atoms with Crippen LogP contribution < -0.4 is 11.1 Å². The normalized spacial score (nSPS) is 10.5. The van der Waals surface area contributed by atoms with Crippen LogP contribution in [0.25, 0.3) is 0 Å². The Morgan fingerprint density at radius 3 is 2.82 bits per heavy atom. The van der Waals surface area contributed by atoms with Gasteiger partial charge in [0, 0.05) is 6.54 Å². The summed E-state index contributed by atoms with van der Waals surface area (Å²) in [4.78, 5) is 4.15. The highest BCUT2D eigenvalue weighted by Gasteiger charge is 2.00. The van der Waals surface area contributed by atoms with Crippen LogP contribution in [0.15, 0.2) is 12.3 Å². The van der Waals surface area contributed by atoms with Gasteiger partial charge in [-0.25, -0.2) is 4.98 Å². The zero-order valence-electron chi connectivity index (χ0n) is 10.2. The summed E-state index contributed by atoms with van der Waals surface area (Å²) in [5.41, 5.74) is 6.17. The van der Waals surface area contributed by atoms with Crippen LogP contribution in [0.2, 0.25) is 5.02 Å². The third-order valence-electron chi connectivity index (χ3n) is 2.43. The molecule has 0 saturated heterocycles. The first-order valence-electron chi connectivity index (χ1n) is 5.88. The van der Waals surface area contributed by atoms with Gasteiger partial charge in [-0.1, -0.05) is 24.4 Å². The van der Waals surface area contributed by atoms with Crippen LogP contribution in [0.5, 0.6) is 0 Å². The molecule has 0 aliphatic carbocycles. The van der Waals surface area contributed by atoms with Gasteiger partial charge in [-0.15, -0.1) is 0 Å². The number of thioether (sulfide) groups is 1. The van der Waals surface area contributed by atoms with Crippen molar-refractivity contribution in [3.63, 3.8) is 0 Å². The fourth-order valence-corrected chi connectivity index (χ4v) is 2.25. The van der Waals surface area contributed by atoms with Crippen LogP contribution in [0.4, 0.5) is 11.5 Å². The number of unbranched alkanes of at least 4 members (excludes halogenated alkanes) is 3. The van der Waals surface area contributed by atoms with Gasteiger partial charge in [0.2, 0.25) is 0 Å². The third-order valence-corrected chi connectivity index (χ3v) is 3.42. The molecule has 0 fully saturated rings. The first-order valence-corrected chi connectivity index (χ1v) is 7.65. The van der Waals surface area contributed by atoms with Gasteiger partial charge in [-0.05, 0) is 30.9 Å². The number of nitrogens with two attached hydrogens (primary N) is 1. The van der Waals surface area contributed by atoms with Crippen LogP contribution >= 0.6 is 23.4 Å². The molecule has 5 heteroatoms. The molecule has 96 valence electrons. The maximum Gasteiger partial charge on any atom is 0.144 e. The van der Waals surface area contributed by atoms with Gasteiger partial charge < -0.3 is 11.1 Å². The number of rotatable bonds is 8. The maximum atomic E-state index is 6.00. The molecule has 1 heterocycles. The fourth-order valence-electron chi connectivity index (χ4n) is 1.51. The third kappa shape index (κ3) is 6.03. The molecule has 17 heavy (non-hydrogen) atoms. The van der Waals surface area contributed by atoms with Crippen molar-refractivity contribution in [2.24, 2.45) is 0 Å². The number of halogens is 1. The van der Waals surface area contributed by atoms with E-state index in [1.54, 1.807) is 12.3 Å². The second-order valence-electron chi connectivity index (χ2n) is 3.93. The van der Waals surface area contributed by atoms with Gasteiger partial charge in [0.1, 0.15) is 5.82 Å². The zero-order chi connectivity index (χ0) is 12.5. The predicted octanol–water partition coefficient (Wildman–Crippen LogP) is 3.65. The molecule has 0 aliphatic rings. The molecule has 0 radical (unpaired) electrons. The molecule has 0 aliphatic heterocycles. The van der Waals surface area contributed by atoms with E-state index in [0.29, 0.717) is 10.7 Å². The van der Waals surface area contributed by atoms with Gasteiger partial charge >= 0.3 is 0 Å². The minimum Gasteiger partial charge on any atom is -0.397 e. The lowest BCUT2D eigenvalue weighted by Crippen LogP contribution is -2.04. The molecule has 0 bridgehead atoms. The van der Waals surface area contributed by atoms with Crippen molar-refractivity contribution in [2.45, 2.75) is 25.7 Å². The molecule has 0 spiro atoms. The van der Waals surface area contributed by atoms with Gasteiger partial charge in [-0.2, -0.15) is 11.8 Å². The topological polar surface area (TPSA) is 50.9 Å². The Morgan fingerprint density at radius 2 is 2.12 bits per heavy atom. The SMILES string of the molecule is CSCCCCCCNc1ncc(N)cc1Cl. The number of pyridine rings is 1. The quantitative estimate of drug-likeness (QED) is 0.710. The molecule has 0 unspecified atom stereocenters. The molecule has 0 amide bonds. The first kappa shape index (κ1) is 14.5. The summed E-state index contributed by atoms with van der Waals surface area (Å²) in [5, 5.41) is 3.82. The van der Waals surface area contributed by atoms with E-state index >= 15 is 0 Å². The Morgan fingerprint density at radius 1 is 1.35 bits per heavy atom. The van der Waals surface area contributed by atoms with Crippen LogP contribution in [0.3, 0.4) is 0 Å². The van der Waals surface area contributed by atoms with Crippen molar-refractivity contribution in [3.8, 4) is 0 Å². The summed E-state index contributed by atoms with van der Waals surface area (Å²) in [6.07, 6.45) is 8.77. The van der Waals surface area contributed by atoms with E-state index in [0.717, 1.165) is 18.8 Å². The number of anilines is 2. The van der Waals surface area contributed by atoms with Crippen molar-refractivity contribution in [2.75, 3.05) is 29.6 Å². The van der Waals surface area contributed by atoms with E-state index in [4.69, 9.17) is 17.3 Å². The Kier molecular flexibility index (Phi) is 7.21. The number of hydrogen-bond donors (Lipinski definition) is 2. The zero-order valence-corrected chi connectivity index (χ0v) is 11.8. The number of nitrogen functional groups attached to an aromatic ring is 1. The number of nitrogens with zero attached hydrogens (tertiary/aromatic N) is 1. The maximum absolute atomic E-state index is 6.00. The van der Waals surface area contributed by atoms with E-state index in [2.05, 4.69) is 16.6 Å². The van der Waals surface area contributed by atoms with Crippen molar-refractivity contribution in [1.29, 1.82) is 0 Å². The number of hydrogen-bond acceptors (Lipinski definition) is 4. The molecule has 3 nitrogen and oxygen atoms in total. The fraction of sp³-hybridized carbons (Fsp3) is 0.583. The molecule has 1 aromatic heterocycles. The summed E-state index contributed by atoms with van der Waals surface area (Å²) >= 11 is 7.91. The van der Waals surface area contributed by atoms with E-state index in [1.165, 1.54) is 25.0 Å². The van der Waals surface area contributed by atoms with E-state index < -0.39 is 0 Å². The van der Waals surface area contributed by atoms with Gasteiger partial charge in [-0.3, -0.25) is 0 Å². The average Bonchev–Trinajstić information content (AvgIpc) is 2.30. The second-order valence-corrected chi connectivity index (χ2v) is 5.33. The van der Waals surface area contributed by atoms with Crippen molar-refractivity contribution >= 4 is 34.9 Å². The van der Waals surface area contributed by atoms with Gasteiger partial charge in [0.15, 0.2) is 0 Å². The summed E-state index contributed by atoms with van der Waals surface area (Å²) < 4.78 is 0. The van der Waals surface area contributed by atoms with Crippen LogP contribution in [-0.4, -0.2) is 23.5 Å². The van der Waals surface area contributed by atoms with Gasteiger partial charge in [0.25, 0.3) is 0 Å². The van der Waals surface area contributed by atoms with Gasteiger partial charge in [0.05, 0.1) is 16.9 Å². The molecule has 0 saturated carbocycles. The lowest BCUT2D eigenvalue weighted by atomic mass is 10.2. The highest BCUT2D eigenvalue weighted by atomic mass is 35.5. The lowest BCUT2D eigenvalue weighted by Gasteiger charge is -2.07. The molecular weight excluding hydrogens is 254 g/mol. The highest BCUT2D eigenvalue weighted by molar-refractivity contribution is 7.98. The van der Waals surface area contributed by atoms with Crippen molar-refractivity contribution in [1.82, 2.24) is 4.98 Å². The Labute approximate surface area is 113 Å². The first-order chi connectivity index (χ1) is 8.24. The minimum atomic E-state index is 0.590. The van der Waals surface area contributed by atoms with Crippen LogP contribution in [-0.2, 0) is 0 Å². The largest absolute Gasteiger partial charge is 0.397 e. The molecular formula is C12H20ClN3S. The second kappa shape index (κ2) is 8.48. The minimum absolute atomic E-state index is 0.590. The van der Waals surface area contributed by atoms with E-state index in [-0.39, 0.29) is 0 Å². The summed E-state index contributed by atoms with van der Waals surface area (Å²) in [7, 11) is 0. The molecule has 0 aromatic carbocycles. The molecule has 0 atom stereocenters. The Hall–Kier alpha value is -0.610. The number of aromatic nitrogens is 1. The van der Waals surface area contributed by atoms with E-state index in [1.807, 2.05) is 11.8 Å². The molecule has 1 rings (SSSR count). The smallest absolute Gasteiger partial charge is 0.144 e. The monoisotopic (exact) mass is 273 g/mol. The average molecular weight is 274 g/mol. The summed E-state index contributed by atoms with van der Waals surface area (Å²) in [5.74, 6) is 1.99. The standard InChI is InChI=1S/C12H20ClN3S/c1-17-7-5-3-2-4-6-15-12-11(13)8-10(14)9-16-12/h8-9H,2-7,14H2,1H3,(H,15,16). The van der Waals surface area contributed by atoms with E-state index in [9.17, 15) is 0 Å².